The number of amides is 1. The van der Waals surface area contributed by atoms with Crippen LogP contribution in [0.2, 0.25) is 0 Å². The maximum Gasteiger partial charge on any atom is 0.254 e. The van der Waals surface area contributed by atoms with Crippen molar-refractivity contribution in [3.05, 3.63) is 34.1 Å². The molecule has 1 aromatic carbocycles. The third-order valence-corrected chi connectivity index (χ3v) is 3.43. The number of carbonyl (C=O) groups excluding carboxylic acids is 1. The average Bonchev–Trinajstić information content (AvgIpc) is 3.00. The Morgan fingerprint density at radius 1 is 1.59 bits per heavy atom. The largest absolute Gasteiger partial charge is 0.349 e. The summed E-state index contributed by atoms with van der Waals surface area (Å²) in [7, 11) is 0. The van der Waals surface area contributed by atoms with Crippen LogP contribution in [0.4, 0.5) is 4.39 Å². The SMILES string of the molecule is CC(CC1CC1)NC(=O)c1ccc(Br)cc1F. The molecule has 0 spiro atoms. The monoisotopic (exact) mass is 299 g/mol. The van der Waals surface area contributed by atoms with Gasteiger partial charge in [-0.15, -0.1) is 0 Å². The van der Waals surface area contributed by atoms with Gasteiger partial charge in [-0.1, -0.05) is 28.8 Å². The molecule has 0 aromatic heterocycles. The maximum atomic E-state index is 13.5. The lowest BCUT2D eigenvalue weighted by Crippen LogP contribution is -2.33. The van der Waals surface area contributed by atoms with E-state index >= 15 is 0 Å². The molecule has 1 fully saturated rings. The van der Waals surface area contributed by atoms with Gasteiger partial charge in [-0.3, -0.25) is 4.79 Å². The van der Waals surface area contributed by atoms with Crippen molar-refractivity contribution in [2.75, 3.05) is 0 Å². The van der Waals surface area contributed by atoms with Crippen LogP contribution in [0.25, 0.3) is 0 Å². The van der Waals surface area contributed by atoms with Gasteiger partial charge >= 0.3 is 0 Å². The number of halogens is 2. The second kappa shape index (κ2) is 5.17. The van der Waals surface area contributed by atoms with Crippen molar-refractivity contribution in [1.82, 2.24) is 5.32 Å². The molecule has 0 bridgehead atoms. The highest BCUT2D eigenvalue weighted by Crippen LogP contribution is 2.33. The van der Waals surface area contributed by atoms with Crippen LogP contribution in [-0.4, -0.2) is 11.9 Å². The van der Waals surface area contributed by atoms with Gasteiger partial charge in [0.15, 0.2) is 0 Å². The molecule has 0 saturated heterocycles. The summed E-state index contributed by atoms with van der Waals surface area (Å²) in [6, 6.07) is 4.58. The highest BCUT2D eigenvalue weighted by atomic mass is 79.9. The first-order valence-corrected chi connectivity index (χ1v) is 6.61. The van der Waals surface area contributed by atoms with Crippen LogP contribution in [0, 0.1) is 11.7 Å². The predicted molar refractivity (Wildman–Crippen MR) is 68.4 cm³/mol. The summed E-state index contributed by atoms with van der Waals surface area (Å²) in [5.74, 6) is -0.0706. The lowest BCUT2D eigenvalue weighted by Gasteiger charge is -2.13. The first-order valence-electron chi connectivity index (χ1n) is 5.82. The fourth-order valence-corrected chi connectivity index (χ4v) is 2.22. The van der Waals surface area contributed by atoms with Crippen molar-refractivity contribution in [1.29, 1.82) is 0 Å². The minimum atomic E-state index is -0.490. The fourth-order valence-electron chi connectivity index (χ4n) is 1.89. The van der Waals surface area contributed by atoms with E-state index in [0.29, 0.717) is 4.47 Å². The van der Waals surface area contributed by atoms with Gasteiger partial charge in [-0.05, 0) is 37.5 Å². The van der Waals surface area contributed by atoms with Gasteiger partial charge in [-0.2, -0.15) is 0 Å². The third-order valence-electron chi connectivity index (χ3n) is 2.94. The lowest BCUT2D eigenvalue weighted by molar-refractivity contribution is 0.0933. The molecule has 2 nitrogen and oxygen atoms in total. The fraction of sp³-hybridized carbons (Fsp3) is 0.462. The lowest BCUT2D eigenvalue weighted by atomic mass is 10.1. The van der Waals surface area contributed by atoms with E-state index < -0.39 is 5.82 Å². The number of hydrogen-bond donors (Lipinski definition) is 1. The minimum Gasteiger partial charge on any atom is -0.349 e. The Morgan fingerprint density at radius 3 is 2.88 bits per heavy atom. The van der Waals surface area contributed by atoms with Crippen molar-refractivity contribution < 1.29 is 9.18 Å². The van der Waals surface area contributed by atoms with Crippen LogP contribution in [0.3, 0.4) is 0 Å². The molecule has 1 unspecified atom stereocenters. The molecule has 1 atom stereocenters. The van der Waals surface area contributed by atoms with E-state index in [-0.39, 0.29) is 17.5 Å². The van der Waals surface area contributed by atoms with Crippen LogP contribution in [-0.2, 0) is 0 Å². The van der Waals surface area contributed by atoms with Crippen molar-refractivity contribution >= 4 is 21.8 Å². The summed E-state index contributed by atoms with van der Waals surface area (Å²) in [5, 5.41) is 2.83. The Bertz CT molecular complexity index is 431. The van der Waals surface area contributed by atoms with Gasteiger partial charge in [-0.25, -0.2) is 4.39 Å². The van der Waals surface area contributed by atoms with Gasteiger partial charge in [0.05, 0.1) is 5.56 Å². The number of nitrogens with one attached hydrogen (secondary N) is 1. The molecule has 1 aliphatic rings. The van der Waals surface area contributed by atoms with Crippen LogP contribution in [0.1, 0.15) is 36.5 Å². The van der Waals surface area contributed by atoms with Gasteiger partial charge in [0.25, 0.3) is 5.91 Å². The van der Waals surface area contributed by atoms with E-state index in [0.717, 1.165) is 12.3 Å². The van der Waals surface area contributed by atoms with Crippen LogP contribution in [0.5, 0.6) is 0 Å². The Balaban J connectivity index is 1.98. The first-order chi connectivity index (χ1) is 8.06. The molecule has 1 amide bonds. The molecule has 1 N–H and O–H groups in total. The third kappa shape index (κ3) is 3.53. The van der Waals surface area contributed by atoms with Crippen LogP contribution >= 0.6 is 15.9 Å². The Hall–Kier alpha value is -0.900. The smallest absolute Gasteiger partial charge is 0.254 e. The Morgan fingerprint density at radius 2 is 2.29 bits per heavy atom. The van der Waals surface area contributed by atoms with Gasteiger partial charge < -0.3 is 5.32 Å². The molecule has 1 aliphatic carbocycles. The molecule has 0 aliphatic heterocycles. The molecule has 0 heterocycles. The summed E-state index contributed by atoms with van der Waals surface area (Å²) >= 11 is 3.17. The Kier molecular flexibility index (Phi) is 3.82. The van der Waals surface area contributed by atoms with E-state index in [2.05, 4.69) is 21.2 Å². The first kappa shape index (κ1) is 12.6. The zero-order valence-corrected chi connectivity index (χ0v) is 11.3. The molecule has 2 rings (SSSR count). The van der Waals surface area contributed by atoms with Crippen molar-refractivity contribution in [2.24, 2.45) is 5.92 Å². The van der Waals surface area contributed by atoms with Crippen molar-refractivity contribution in [3.63, 3.8) is 0 Å². The van der Waals surface area contributed by atoms with E-state index in [9.17, 15) is 9.18 Å². The van der Waals surface area contributed by atoms with Crippen molar-refractivity contribution in [2.45, 2.75) is 32.2 Å². The summed E-state index contributed by atoms with van der Waals surface area (Å²) in [4.78, 5) is 11.8. The second-order valence-corrected chi connectivity index (χ2v) is 5.59. The zero-order valence-electron chi connectivity index (χ0n) is 9.67. The topological polar surface area (TPSA) is 29.1 Å². The summed E-state index contributed by atoms with van der Waals surface area (Å²) in [6.07, 6.45) is 3.50. The molecule has 4 heteroatoms. The van der Waals surface area contributed by atoms with E-state index in [4.69, 9.17) is 0 Å². The zero-order chi connectivity index (χ0) is 12.4. The van der Waals surface area contributed by atoms with E-state index in [1.54, 1.807) is 6.07 Å². The van der Waals surface area contributed by atoms with Crippen LogP contribution < -0.4 is 5.32 Å². The normalized spacial score (nSPS) is 16.6. The van der Waals surface area contributed by atoms with Gasteiger partial charge in [0.1, 0.15) is 5.82 Å². The van der Waals surface area contributed by atoms with Gasteiger partial charge in [0, 0.05) is 10.5 Å². The summed E-state index contributed by atoms with van der Waals surface area (Å²) in [6.45, 7) is 1.97. The molecule has 1 aromatic rings. The number of hydrogen-bond acceptors (Lipinski definition) is 1. The highest BCUT2D eigenvalue weighted by Gasteiger charge is 2.24. The second-order valence-electron chi connectivity index (χ2n) is 4.68. The number of rotatable bonds is 4. The van der Waals surface area contributed by atoms with E-state index in [1.165, 1.54) is 25.0 Å². The molecular formula is C13H15BrFNO. The average molecular weight is 300 g/mol. The Labute approximate surface area is 109 Å². The van der Waals surface area contributed by atoms with Gasteiger partial charge in [0.2, 0.25) is 0 Å². The molecular weight excluding hydrogens is 285 g/mol. The standard InChI is InChI=1S/C13H15BrFNO/c1-8(6-9-2-3-9)16-13(17)11-5-4-10(14)7-12(11)15/h4-5,7-9H,2-3,6H2,1H3,(H,16,17). The molecule has 1 saturated carbocycles. The number of benzene rings is 1. The maximum absolute atomic E-state index is 13.5. The predicted octanol–water partition coefficient (Wildman–Crippen LogP) is 3.51. The van der Waals surface area contributed by atoms with Crippen LogP contribution in [0.15, 0.2) is 22.7 Å². The minimum absolute atomic E-state index is 0.107. The summed E-state index contributed by atoms with van der Waals surface area (Å²) < 4.78 is 14.2. The summed E-state index contributed by atoms with van der Waals surface area (Å²) in [5.41, 5.74) is 0.107. The number of carbonyl (C=O) groups is 1. The van der Waals surface area contributed by atoms with Crippen molar-refractivity contribution in [3.8, 4) is 0 Å². The molecule has 17 heavy (non-hydrogen) atoms. The molecule has 0 radical (unpaired) electrons. The van der Waals surface area contributed by atoms with E-state index in [1.807, 2.05) is 6.92 Å². The quantitative estimate of drug-likeness (QED) is 0.906. The highest BCUT2D eigenvalue weighted by molar-refractivity contribution is 9.10. The molecule has 92 valence electrons.